The summed E-state index contributed by atoms with van der Waals surface area (Å²) >= 11 is 0. The van der Waals surface area contributed by atoms with Crippen molar-refractivity contribution in [2.24, 2.45) is 0 Å². The molecular formula is C20H20O4. The predicted octanol–water partition coefficient (Wildman–Crippen LogP) is 4.26. The zero-order chi connectivity index (χ0) is 17.5. The van der Waals surface area contributed by atoms with E-state index in [1.165, 1.54) is 5.57 Å². The van der Waals surface area contributed by atoms with Gasteiger partial charge in [0.05, 0.1) is 0 Å². The summed E-state index contributed by atoms with van der Waals surface area (Å²) in [5.41, 5.74) is 1.96. The van der Waals surface area contributed by atoms with Crippen LogP contribution in [0.4, 0.5) is 0 Å². The molecule has 0 amide bonds. The lowest BCUT2D eigenvalue weighted by atomic mass is 9.86. The maximum absolute atomic E-state index is 12.2. The van der Waals surface area contributed by atoms with Gasteiger partial charge in [0.15, 0.2) is 0 Å². The van der Waals surface area contributed by atoms with Gasteiger partial charge in [-0.3, -0.25) is 9.59 Å². The number of aliphatic hydroxyl groups is 1. The van der Waals surface area contributed by atoms with Crippen LogP contribution in [0, 0.1) is 0 Å². The summed E-state index contributed by atoms with van der Waals surface area (Å²) in [6.45, 7) is 6.11. The molecule has 1 heterocycles. The lowest BCUT2D eigenvalue weighted by Gasteiger charge is -2.32. The fourth-order valence-electron chi connectivity index (χ4n) is 3.03. The van der Waals surface area contributed by atoms with E-state index in [4.69, 9.17) is 4.74 Å². The number of rotatable bonds is 3. The predicted molar refractivity (Wildman–Crippen MR) is 93.1 cm³/mol. The zero-order valence-electron chi connectivity index (χ0n) is 14.1. The van der Waals surface area contributed by atoms with E-state index in [9.17, 15) is 14.7 Å². The minimum atomic E-state index is -0.710. The number of ketones is 2. The van der Waals surface area contributed by atoms with Gasteiger partial charge in [-0.2, -0.15) is 0 Å². The highest BCUT2D eigenvalue weighted by Crippen LogP contribution is 2.39. The van der Waals surface area contributed by atoms with E-state index < -0.39 is 17.2 Å². The molecule has 1 aromatic carbocycles. The summed E-state index contributed by atoms with van der Waals surface area (Å²) in [6.07, 6.45) is 8.57. The Kier molecular flexibility index (Phi) is 3.91. The molecule has 1 atom stereocenters. The largest absolute Gasteiger partial charge is 0.507 e. The molecule has 1 N–H and O–H groups in total. The number of ether oxygens (including phenoxy) is 1. The first-order valence-electron chi connectivity index (χ1n) is 7.99. The highest BCUT2D eigenvalue weighted by Gasteiger charge is 2.33. The number of hydrogen-bond acceptors (Lipinski definition) is 4. The van der Waals surface area contributed by atoms with Gasteiger partial charge >= 0.3 is 0 Å². The number of Topliss-reactive ketones (excluding diaryl/α,β-unsaturated/α-hetero) is 1. The molecule has 4 nitrogen and oxygen atoms in total. The highest BCUT2D eigenvalue weighted by atomic mass is 16.5. The number of carbonyl (C=O) groups excluding carboxylic acids is 2. The number of fused-ring (bicyclic) bond motifs is 3. The van der Waals surface area contributed by atoms with Gasteiger partial charge in [-0.05, 0) is 51.8 Å². The van der Waals surface area contributed by atoms with Crippen molar-refractivity contribution in [3.8, 4) is 5.75 Å². The molecule has 0 spiro atoms. The van der Waals surface area contributed by atoms with Crippen LogP contribution in [0.15, 0.2) is 35.9 Å². The Bertz CT molecular complexity index is 822. The Morgan fingerprint density at radius 1 is 1.29 bits per heavy atom. The monoisotopic (exact) mass is 324 g/mol. The minimum absolute atomic E-state index is 0.178. The van der Waals surface area contributed by atoms with Crippen LogP contribution in [-0.2, 0) is 4.79 Å². The molecule has 0 bridgehead atoms. The Morgan fingerprint density at radius 2 is 2.04 bits per heavy atom. The maximum Gasteiger partial charge on any atom is 0.234 e. The first-order valence-corrected chi connectivity index (χ1v) is 7.99. The van der Waals surface area contributed by atoms with E-state index >= 15 is 0 Å². The second-order valence-corrected chi connectivity index (χ2v) is 6.69. The van der Waals surface area contributed by atoms with Crippen molar-refractivity contribution in [1.82, 2.24) is 0 Å². The average Bonchev–Trinajstić information content (AvgIpc) is 2.51. The molecule has 0 fully saturated rings. The number of hydrogen-bond donors (Lipinski definition) is 1. The molecule has 24 heavy (non-hydrogen) atoms. The smallest absolute Gasteiger partial charge is 0.234 e. The molecule has 0 radical (unpaired) electrons. The summed E-state index contributed by atoms with van der Waals surface area (Å²) in [4.78, 5) is 24.0. The molecule has 1 unspecified atom stereocenters. The first-order chi connectivity index (χ1) is 11.3. The van der Waals surface area contributed by atoms with Crippen LogP contribution in [0.5, 0.6) is 5.75 Å². The Labute approximate surface area is 141 Å². The van der Waals surface area contributed by atoms with E-state index in [2.05, 4.69) is 19.9 Å². The molecule has 0 aromatic heterocycles. The standard InChI is InChI=1S/C20H20O4/c1-12(2)5-4-9-20(3)10-8-14-17(24-20)7-6-13-15(21)11-16(22)19(23)18(13)14/h5-8,10-11,21H,4,9H2,1-3H3. The van der Waals surface area contributed by atoms with Crippen molar-refractivity contribution >= 4 is 23.4 Å². The summed E-state index contributed by atoms with van der Waals surface area (Å²) in [7, 11) is 0. The third-order valence-electron chi connectivity index (χ3n) is 4.34. The molecule has 1 aliphatic carbocycles. The average molecular weight is 324 g/mol. The van der Waals surface area contributed by atoms with Gasteiger partial charge in [-0.15, -0.1) is 0 Å². The fraction of sp³-hybridized carbons (Fsp3) is 0.300. The number of benzene rings is 1. The molecule has 1 aromatic rings. The molecule has 4 heteroatoms. The number of allylic oxidation sites excluding steroid dienone is 3. The van der Waals surface area contributed by atoms with Crippen LogP contribution in [0.2, 0.25) is 0 Å². The lowest BCUT2D eigenvalue weighted by Crippen LogP contribution is -2.32. The van der Waals surface area contributed by atoms with E-state index in [0.717, 1.165) is 18.9 Å². The van der Waals surface area contributed by atoms with Gasteiger partial charge in [0.1, 0.15) is 17.1 Å². The van der Waals surface area contributed by atoms with Crippen molar-refractivity contribution < 1.29 is 19.4 Å². The van der Waals surface area contributed by atoms with Gasteiger partial charge in [0, 0.05) is 22.8 Å². The molecule has 1 aliphatic heterocycles. The van der Waals surface area contributed by atoms with Crippen molar-refractivity contribution in [2.45, 2.75) is 39.2 Å². The van der Waals surface area contributed by atoms with Crippen molar-refractivity contribution in [2.75, 3.05) is 0 Å². The van der Waals surface area contributed by atoms with Crippen molar-refractivity contribution in [3.05, 3.63) is 52.6 Å². The fourth-order valence-corrected chi connectivity index (χ4v) is 3.03. The van der Waals surface area contributed by atoms with E-state index in [1.54, 1.807) is 12.1 Å². The third-order valence-corrected chi connectivity index (χ3v) is 4.34. The second kappa shape index (κ2) is 5.78. The van der Waals surface area contributed by atoms with Crippen LogP contribution < -0.4 is 4.74 Å². The summed E-state index contributed by atoms with van der Waals surface area (Å²) < 4.78 is 6.11. The van der Waals surface area contributed by atoms with Crippen LogP contribution >= 0.6 is 0 Å². The van der Waals surface area contributed by atoms with Gasteiger partial charge in [0.2, 0.25) is 11.6 Å². The molecule has 3 rings (SSSR count). The SMILES string of the molecule is CC(C)=CCCC1(C)C=Cc2c(ccc3c2C(=O)C(=O)C=C3O)O1. The highest BCUT2D eigenvalue weighted by molar-refractivity contribution is 6.51. The van der Waals surface area contributed by atoms with Crippen LogP contribution in [0.25, 0.3) is 11.8 Å². The maximum atomic E-state index is 12.2. The molecule has 0 saturated heterocycles. The van der Waals surface area contributed by atoms with Crippen LogP contribution in [0.1, 0.15) is 55.1 Å². The number of carbonyl (C=O) groups is 2. The normalized spacial score (nSPS) is 21.5. The topological polar surface area (TPSA) is 63.6 Å². The molecule has 0 saturated carbocycles. The van der Waals surface area contributed by atoms with Crippen molar-refractivity contribution in [1.29, 1.82) is 0 Å². The van der Waals surface area contributed by atoms with Crippen LogP contribution in [-0.4, -0.2) is 22.3 Å². The van der Waals surface area contributed by atoms with Gasteiger partial charge in [0.25, 0.3) is 0 Å². The van der Waals surface area contributed by atoms with E-state index in [1.807, 2.05) is 19.1 Å². The van der Waals surface area contributed by atoms with Crippen LogP contribution in [0.3, 0.4) is 0 Å². The lowest BCUT2D eigenvalue weighted by molar-refractivity contribution is -0.111. The van der Waals surface area contributed by atoms with Crippen molar-refractivity contribution in [3.63, 3.8) is 0 Å². The third kappa shape index (κ3) is 2.80. The van der Waals surface area contributed by atoms with Gasteiger partial charge in [-0.25, -0.2) is 0 Å². The van der Waals surface area contributed by atoms with E-state index in [-0.39, 0.29) is 11.3 Å². The zero-order valence-corrected chi connectivity index (χ0v) is 14.1. The Morgan fingerprint density at radius 3 is 2.75 bits per heavy atom. The first kappa shape index (κ1) is 16.2. The summed E-state index contributed by atoms with van der Waals surface area (Å²) in [5.74, 6) is -0.936. The van der Waals surface area contributed by atoms with Gasteiger partial charge < -0.3 is 9.84 Å². The van der Waals surface area contributed by atoms with E-state index in [0.29, 0.717) is 16.9 Å². The number of aliphatic hydroxyl groups excluding tert-OH is 1. The minimum Gasteiger partial charge on any atom is -0.507 e. The molecular weight excluding hydrogens is 304 g/mol. The second-order valence-electron chi connectivity index (χ2n) is 6.69. The van der Waals surface area contributed by atoms with Gasteiger partial charge in [-0.1, -0.05) is 17.7 Å². The Hall–Kier alpha value is -2.62. The Balaban J connectivity index is 1.97. The quantitative estimate of drug-likeness (QED) is 0.666. The molecule has 124 valence electrons. The summed E-state index contributed by atoms with van der Waals surface area (Å²) in [6, 6.07) is 3.37. The summed E-state index contributed by atoms with van der Waals surface area (Å²) in [5, 5.41) is 9.94. The molecule has 2 aliphatic rings.